The van der Waals surface area contributed by atoms with E-state index < -0.39 is 12.0 Å². The highest BCUT2D eigenvalue weighted by atomic mass is 32.2. The molecule has 1 heterocycles. The van der Waals surface area contributed by atoms with Gasteiger partial charge in [-0.25, -0.2) is 0 Å². The maximum Gasteiger partial charge on any atom is 0.325 e. The van der Waals surface area contributed by atoms with Crippen molar-refractivity contribution >= 4 is 23.6 Å². The highest BCUT2D eigenvalue weighted by Crippen LogP contribution is 2.19. The summed E-state index contributed by atoms with van der Waals surface area (Å²) < 4.78 is 0. The average molecular weight is 246 g/mol. The Bertz CT molecular complexity index is 254. The second-order valence-electron chi connectivity index (χ2n) is 3.89. The number of nitrogens with one attached hydrogen (secondary N) is 2. The summed E-state index contributed by atoms with van der Waals surface area (Å²) in [5, 5.41) is 14.8. The summed E-state index contributed by atoms with van der Waals surface area (Å²) in [7, 11) is 0. The van der Waals surface area contributed by atoms with Gasteiger partial charge in [0.2, 0.25) is 5.91 Å². The van der Waals surface area contributed by atoms with Gasteiger partial charge >= 0.3 is 5.97 Å². The van der Waals surface area contributed by atoms with E-state index in [2.05, 4.69) is 10.6 Å². The Morgan fingerprint density at radius 3 is 2.69 bits per heavy atom. The highest BCUT2D eigenvalue weighted by Gasteiger charge is 2.17. The van der Waals surface area contributed by atoms with Crippen molar-refractivity contribution in [3.63, 3.8) is 0 Å². The Kier molecular flexibility index (Phi) is 5.62. The Labute approximate surface area is 99.4 Å². The van der Waals surface area contributed by atoms with Crippen LogP contribution in [-0.2, 0) is 9.59 Å². The Hall–Kier alpha value is -0.750. The Morgan fingerprint density at radius 1 is 1.50 bits per heavy atom. The number of amides is 1. The lowest BCUT2D eigenvalue weighted by atomic mass is 10.2. The van der Waals surface area contributed by atoms with Crippen LogP contribution in [0.25, 0.3) is 0 Å². The normalized spacial score (nSPS) is 19.1. The second-order valence-corrected chi connectivity index (χ2v) is 5.18. The lowest BCUT2D eigenvalue weighted by Gasteiger charge is -2.21. The van der Waals surface area contributed by atoms with E-state index in [0.717, 1.165) is 25.9 Å². The first-order valence-corrected chi connectivity index (χ1v) is 6.49. The molecule has 16 heavy (non-hydrogen) atoms. The zero-order chi connectivity index (χ0) is 12.0. The van der Waals surface area contributed by atoms with Crippen molar-refractivity contribution < 1.29 is 14.7 Å². The molecule has 1 aliphatic rings. The van der Waals surface area contributed by atoms with Crippen LogP contribution < -0.4 is 10.6 Å². The lowest BCUT2D eigenvalue weighted by Crippen LogP contribution is -2.39. The summed E-state index contributed by atoms with van der Waals surface area (Å²) in [6, 6.07) is -0.805. The minimum atomic E-state index is -1.000. The summed E-state index contributed by atoms with van der Waals surface area (Å²) in [6.07, 6.45) is 2.15. The second kappa shape index (κ2) is 6.75. The van der Waals surface area contributed by atoms with Gasteiger partial charge in [-0.2, -0.15) is 0 Å². The van der Waals surface area contributed by atoms with E-state index in [1.54, 1.807) is 11.8 Å². The number of carboxylic acids is 1. The molecule has 1 atom stereocenters. The molecule has 1 rings (SSSR count). The van der Waals surface area contributed by atoms with Crippen LogP contribution in [0, 0.1) is 0 Å². The first kappa shape index (κ1) is 13.3. The van der Waals surface area contributed by atoms with Gasteiger partial charge in [-0.15, -0.1) is 11.8 Å². The molecule has 3 N–H and O–H groups in total. The van der Waals surface area contributed by atoms with Crippen LogP contribution in [-0.4, -0.2) is 47.1 Å². The standard InChI is InChI=1S/C10H18N2O3S/c1-7(10(14)15)12-9(13)6-16-8-2-4-11-5-3-8/h7-8,11H,2-6H2,1H3,(H,12,13)(H,14,15)/t7-/m1/s1. The molecule has 0 unspecified atom stereocenters. The van der Waals surface area contributed by atoms with Gasteiger partial charge < -0.3 is 15.7 Å². The molecule has 1 saturated heterocycles. The number of carbonyl (C=O) groups excluding carboxylic acids is 1. The molecule has 0 spiro atoms. The number of carbonyl (C=O) groups is 2. The predicted octanol–water partition coefficient (Wildman–Crippen LogP) is 0.0609. The Balaban J connectivity index is 2.16. The summed E-state index contributed by atoms with van der Waals surface area (Å²) in [5.74, 6) is -0.846. The molecule has 0 radical (unpaired) electrons. The molecule has 5 nitrogen and oxygen atoms in total. The van der Waals surface area contributed by atoms with Crippen molar-refractivity contribution in [2.45, 2.75) is 31.1 Å². The van der Waals surface area contributed by atoms with E-state index >= 15 is 0 Å². The van der Waals surface area contributed by atoms with Crippen molar-refractivity contribution in [2.75, 3.05) is 18.8 Å². The summed E-state index contributed by atoms with van der Waals surface area (Å²) in [5.41, 5.74) is 0. The van der Waals surface area contributed by atoms with Crippen LogP contribution in [0.1, 0.15) is 19.8 Å². The van der Waals surface area contributed by atoms with Gasteiger partial charge in [-0.05, 0) is 32.9 Å². The third-order valence-electron chi connectivity index (χ3n) is 2.48. The summed E-state index contributed by atoms with van der Waals surface area (Å²) >= 11 is 1.61. The topological polar surface area (TPSA) is 78.4 Å². The van der Waals surface area contributed by atoms with Crippen molar-refractivity contribution in [3.8, 4) is 0 Å². The number of carboxylic acid groups (broad SMARTS) is 1. The minimum absolute atomic E-state index is 0.196. The smallest absolute Gasteiger partial charge is 0.325 e. The predicted molar refractivity (Wildman–Crippen MR) is 63.6 cm³/mol. The van der Waals surface area contributed by atoms with Crippen LogP contribution in [0.15, 0.2) is 0 Å². The van der Waals surface area contributed by atoms with Crippen molar-refractivity contribution in [1.29, 1.82) is 0 Å². The molecule has 0 saturated carbocycles. The molecule has 0 aromatic carbocycles. The number of thioether (sulfide) groups is 1. The first-order chi connectivity index (χ1) is 7.59. The molecule has 0 bridgehead atoms. The van der Waals surface area contributed by atoms with Gasteiger partial charge in [-0.1, -0.05) is 0 Å². The summed E-state index contributed by atoms with van der Waals surface area (Å²) in [4.78, 5) is 21.9. The van der Waals surface area contributed by atoms with Crippen LogP contribution in [0.3, 0.4) is 0 Å². The Morgan fingerprint density at radius 2 is 2.12 bits per heavy atom. The molecular weight excluding hydrogens is 228 g/mol. The van der Waals surface area contributed by atoms with Gasteiger partial charge in [0.25, 0.3) is 0 Å². The number of aliphatic carboxylic acids is 1. The van der Waals surface area contributed by atoms with Crippen molar-refractivity contribution in [3.05, 3.63) is 0 Å². The molecule has 1 fully saturated rings. The summed E-state index contributed by atoms with van der Waals surface area (Å²) in [6.45, 7) is 3.48. The SMILES string of the molecule is C[C@@H](NC(=O)CSC1CCNCC1)C(=O)O. The minimum Gasteiger partial charge on any atom is -0.480 e. The van der Waals surface area contributed by atoms with E-state index in [-0.39, 0.29) is 5.91 Å². The largest absolute Gasteiger partial charge is 0.480 e. The monoisotopic (exact) mass is 246 g/mol. The van der Waals surface area contributed by atoms with Crippen LogP contribution in [0.2, 0.25) is 0 Å². The van der Waals surface area contributed by atoms with E-state index in [1.165, 1.54) is 6.92 Å². The zero-order valence-corrected chi connectivity index (χ0v) is 10.2. The van der Waals surface area contributed by atoms with Gasteiger partial charge in [-0.3, -0.25) is 9.59 Å². The average Bonchev–Trinajstić information content (AvgIpc) is 2.27. The number of piperidine rings is 1. The molecule has 6 heteroatoms. The van der Waals surface area contributed by atoms with Crippen LogP contribution in [0.5, 0.6) is 0 Å². The molecule has 0 aromatic heterocycles. The zero-order valence-electron chi connectivity index (χ0n) is 9.36. The van der Waals surface area contributed by atoms with Gasteiger partial charge in [0.15, 0.2) is 0 Å². The number of rotatable bonds is 5. The molecule has 0 aliphatic carbocycles. The fourth-order valence-electron chi connectivity index (χ4n) is 1.50. The maximum absolute atomic E-state index is 11.4. The van der Waals surface area contributed by atoms with Crippen LogP contribution >= 0.6 is 11.8 Å². The van der Waals surface area contributed by atoms with Gasteiger partial charge in [0.1, 0.15) is 6.04 Å². The molecular formula is C10H18N2O3S. The van der Waals surface area contributed by atoms with E-state index in [9.17, 15) is 9.59 Å². The molecule has 1 aliphatic heterocycles. The van der Waals surface area contributed by atoms with E-state index in [0.29, 0.717) is 11.0 Å². The van der Waals surface area contributed by atoms with Gasteiger partial charge in [0, 0.05) is 5.25 Å². The van der Waals surface area contributed by atoms with Crippen molar-refractivity contribution in [2.24, 2.45) is 0 Å². The lowest BCUT2D eigenvalue weighted by molar-refractivity contribution is -0.140. The molecule has 92 valence electrons. The number of hydrogen-bond acceptors (Lipinski definition) is 4. The van der Waals surface area contributed by atoms with E-state index in [4.69, 9.17) is 5.11 Å². The first-order valence-electron chi connectivity index (χ1n) is 5.44. The quantitative estimate of drug-likeness (QED) is 0.639. The third-order valence-corrected chi connectivity index (χ3v) is 3.86. The van der Waals surface area contributed by atoms with Crippen LogP contribution in [0.4, 0.5) is 0 Å². The fourth-order valence-corrected chi connectivity index (χ4v) is 2.54. The van der Waals surface area contributed by atoms with E-state index in [1.807, 2.05) is 0 Å². The maximum atomic E-state index is 11.4. The van der Waals surface area contributed by atoms with Crippen molar-refractivity contribution in [1.82, 2.24) is 10.6 Å². The third kappa shape index (κ3) is 4.85. The van der Waals surface area contributed by atoms with Gasteiger partial charge in [0.05, 0.1) is 5.75 Å². The highest BCUT2D eigenvalue weighted by molar-refractivity contribution is 8.00. The molecule has 0 aromatic rings. The fraction of sp³-hybridized carbons (Fsp3) is 0.800. The molecule has 1 amide bonds. The number of hydrogen-bond donors (Lipinski definition) is 3.